The van der Waals surface area contributed by atoms with E-state index in [-0.39, 0.29) is 11.9 Å². The summed E-state index contributed by atoms with van der Waals surface area (Å²) in [6.07, 6.45) is 3.27. The van der Waals surface area contributed by atoms with Crippen LogP contribution in [0.3, 0.4) is 0 Å². The van der Waals surface area contributed by atoms with E-state index in [4.69, 9.17) is 0 Å². The molecule has 0 radical (unpaired) electrons. The third kappa shape index (κ3) is 3.11. The summed E-state index contributed by atoms with van der Waals surface area (Å²) >= 11 is 0. The molecule has 4 rings (SSSR count). The van der Waals surface area contributed by atoms with Gasteiger partial charge in [0.15, 0.2) is 5.65 Å². The number of amides is 1. The molecule has 9 nitrogen and oxygen atoms in total. The molecule has 4 aromatic rings. The lowest BCUT2D eigenvalue weighted by atomic mass is 10.1. The molecule has 0 aliphatic heterocycles. The molecular weight excluding hydrogens is 356 g/mol. The van der Waals surface area contributed by atoms with E-state index < -0.39 is 0 Å². The number of tetrazole rings is 1. The fraction of sp³-hybridized carbons (Fsp3) is 0.263. The minimum Gasteiger partial charge on any atom is -0.322 e. The summed E-state index contributed by atoms with van der Waals surface area (Å²) in [6, 6.07) is 7.60. The molecule has 1 N–H and O–H groups in total. The van der Waals surface area contributed by atoms with Gasteiger partial charge in [0.25, 0.3) is 5.91 Å². The molecule has 1 aromatic carbocycles. The van der Waals surface area contributed by atoms with E-state index in [2.05, 4.69) is 30.9 Å². The Bertz CT molecular complexity index is 1160. The van der Waals surface area contributed by atoms with Gasteiger partial charge in [-0.05, 0) is 68.0 Å². The topological polar surface area (TPSA) is 103 Å². The summed E-state index contributed by atoms with van der Waals surface area (Å²) in [5, 5.41) is 19.3. The number of pyridine rings is 1. The standard InChI is InChI=1S/C19H20N8O/c1-11(2)27-18-14(9-21-27)8-16(13(4)22-18)19(28)23-15-5-6-17(12(3)7-15)26-10-20-24-25-26/h5-11H,1-4H3,(H,23,28). The summed E-state index contributed by atoms with van der Waals surface area (Å²) in [6.45, 7) is 7.86. The van der Waals surface area contributed by atoms with Crippen LogP contribution in [0.25, 0.3) is 16.7 Å². The third-order valence-corrected chi connectivity index (χ3v) is 4.54. The van der Waals surface area contributed by atoms with Gasteiger partial charge in [0.1, 0.15) is 6.33 Å². The van der Waals surface area contributed by atoms with E-state index in [1.54, 1.807) is 10.9 Å². The Balaban J connectivity index is 1.62. The Morgan fingerprint density at radius 2 is 2.00 bits per heavy atom. The zero-order valence-electron chi connectivity index (χ0n) is 16.1. The molecule has 3 heterocycles. The van der Waals surface area contributed by atoms with Crippen molar-refractivity contribution in [2.45, 2.75) is 33.7 Å². The minimum absolute atomic E-state index is 0.200. The van der Waals surface area contributed by atoms with Crippen molar-refractivity contribution in [3.05, 3.63) is 53.6 Å². The molecule has 0 saturated carbocycles. The van der Waals surface area contributed by atoms with Gasteiger partial charge in [-0.25, -0.2) is 14.3 Å². The van der Waals surface area contributed by atoms with Crippen molar-refractivity contribution in [1.82, 2.24) is 35.0 Å². The molecule has 142 valence electrons. The number of carbonyl (C=O) groups excluding carboxylic acids is 1. The Morgan fingerprint density at radius 1 is 1.18 bits per heavy atom. The van der Waals surface area contributed by atoms with Crippen molar-refractivity contribution in [2.75, 3.05) is 5.32 Å². The highest BCUT2D eigenvalue weighted by Gasteiger charge is 2.16. The summed E-state index contributed by atoms with van der Waals surface area (Å²) in [7, 11) is 0. The monoisotopic (exact) mass is 376 g/mol. The summed E-state index contributed by atoms with van der Waals surface area (Å²) in [4.78, 5) is 17.4. The highest BCUT2D eigenvalue weighted by molar-refractivity contribution is 6.06. The number of hydrogen-bond donors (Lipinski definition) is 1. The lowest BCUT2D eigenvalue weighted by Gasteiger charge is -2.11. The van der Waals surface area contributed by atoms with Crippen LogP contribution in [0.5, 0.6) is 0 Å². The molecule has 0 fully saturated rings. The predicted molar refractivity (Wildman–Crippen MR) is 104 cm³/mol. The summed E-state index contributed by atoms with van der Waals surface area (Å²) in [5.74, 6) is -0.209. The SMILES string of the molecule is Cc1cc(NC(=O)c2cc3cnn(C(C)C)c3nc2C)ccc1-n1cnnn1. The van der Waals surface area contributed by atoms with Gasteiger partial charge < -0.3 is 5.32 Å². The maximum atomic E-state index is 12.8. The van der Waals surface area contributed by atoms with Gasteiger partial charge in [0.05, 0.1) is 23.1 Å². The predicted octanol–water partition coefficient (Wildman–Crippen LogP) is 2.86. The van der Waals surface area contributed by atoms with Crippen LogP contribution in [-0.2, 0) is 0 Å². The third-order valence-electron chi connectivity index (χ3n) is 4.54. The fourth-order valence-corrected chi connectivity index (χ4v) is 3.13. The molecule has 0 saturated heterocycles. The number of nitrogens with one attached hydrogen (secondary N) is 1. The van der Waals surface area contributed by atoms with Crippen LogP contribution in [0, 0.1) is 13.8 Å². The van der Waals surface area contributed by atoms with E-state index in [1.165, 1.54) is 6.33 Å². The average Bonchev–Trinajstić information content (AvgIpc) is 3.30. The van der Waals surface area contributed by atoms with Crippen molar-refractivity contribution in [2.24, 2.45) is 0 Å². The van der Waals surface area contributed by atoms with Crippen LogP contribution in [0.2, 0.25) is 0 Å². The second-order valence-electron chi connectivity index (χ2n) is 6.93. The first-order valence-corrected chi connectivity index (χ1v) is 8.94. The van der Waals surface area contributed by atoms with Crippen LogP contribution in [0.1, 0.15) is 41.5 Å². The van der Waals surface area contributed by atoms with Crippen molar-refractivity contribution in [1.29, 1.82) is 0 Å². The Kier molecular flexibility index (Phi) is 4.34. The number of nitrogens with zero attached hydrogens (tertiary/aromatic N) is 7. The number of aryl methyl sites for hydroxylation is 2. The summed E-state index contributed by atoms with van der Waals surface area (Å²) < 4.78 is 3.43. The van der Waals surface area contributed by atoms with Crippen molar-refractivity contribution in [3.63, 3.8) is 0 Å². The lowest BCUT2D eigenvalue weighted by Crippen LogP contribution is -2.15. The van der Waals surface area contributed by atoms with Crippen LogP contribution in [0.4, 0.5) is 5.69 Å². The molecule has 9 heteroatoms. The maximum Gasteiger partial charge on any atom is 0.257 e. The molecule has 0 spiro atoms. The van der Waals surface area contributed by atoms with E-state index in [0.29, 0.717) is 16.9 Å². The van der Waals surface area contributed by atoms with Gasteiger partial charge in [0.2, 0.25) is 0 Å². The average molecular weight is 376 g/mol. The van der Waals surface area contributed by atoms with Crippen molar-refractivity contribution >= 4 is 22.6 Å². The largest absolute Gasteiger partial charge is 0.322 e. The van der Waals surface area contributed by atoms with Crippen molar-refractivity contribution < 1.29 is 4.79 Å². The molecule has 1 amide bonds. The van der Waals surface area contributed by atoms with Crippen molar-refractivity contribution in [3.8, 4) is 5.69 Å². The van der Waals surface area contributed by atoms with E-state index >= 15 is 0 Å². The zero-order valence-corrected chi connectivity index (χ0v) is 16.1. The number of fused-ring (bicyclic) bond motifs is 1. The lowest BCUT2D eigenvalue weighted by molar-refractivity contribution is 0.102. The van der Waals surface area contributed by atoms with E-state index in [0.717, 1.165) is 22.3 Å². The van der Waals surface area contributed by atoms with Gasteiger partial charge >= 0.3 is 0 Å². The molecule has 0 bridgehead atoms. The number of anilines is 1. The normalized spacial score (nSPS) is 11.3. The Hall–Kier alpha value is -3.62. The van der Waals surface area contributed by atoms with Crippen LogP contribution in [0.15, 0.2) is 36.8 Å². The van der Waals surface area contributed by atoms with E-state index in [1.807, 2.05) is 56.6 Å². The second kappa shape index (κ2) is 6.84. The molecule has 3 aromatic heterocycles. The zero-order chi connectivity index (χ0) is 19.8. The molecule has 28 heavy (non-hydrogen) atoms. The van der Waals surface area contributed by atoms with Crippen LogP contribution in [-0.4, -0.2) is 40.9 Å². The molecule has 0 aliphatic rings. The first kappa shape index (κ1) is 17.8. The van der Waals surface area contributed by atoms with E-state index in [9.17, 15) is 4.79 Å². The van der Waals surface area contributed by atoms with Gasteiger partial charge in [-0.1, -0.05) is 0 Å². The first-order valence-electron chi connectivity index (χ1n) is 8.94. The Morgan fingerprint density at radius 3 is 2.68 bits per heavy atom. The quantitative estimate of drug-likeness (QED) is 0.587. The highest BCUT2D eigenvalue weighted by atomic mass is 16.1. The number of carbonyl (C=O) groups is 1. The number of aromatic nitrogens is 7. The fourth-order valence-electron chi connectivity index (χ4n) is 3.13. The minimum atomic E-state index is -0.209. The Labute approximate surface area is 161 Å². The van der Waals surface area contributed by atoms with Gasteiger partial charge in [-0.15, -0.1) is 5.10 Å². The highest BCUT2D eigenvalue weighted by Crippen LogP contribution is 2.22. The first-order chi connectivity index (χ1) is 13.4. The molecule has 0 aliphatic carbocycles. The second-order valence-corrected chi connectivity index (χ2v) is 6.93. The van der Waals surface area contributed by atoms with Crippen LogP contribution >= 0.6 is 0 Å². The van der Waals surface area contributed by atoms with Gasteiger partial charge in [-0.2, -0.15) is 5.10 Å². The maximum absolute atomic E-state index is 12.8. The number of benzene rings is 1. The molecule has 0 unspecified atom stereocenters. The number of hydrogen-bond acceptors (Lipinski definition) is 6. The summed E-state index contributed by atoms with van der Waals surface area (Å²) in [5.41, 5.74) is 4.45. The number of rotatable bonds is 4. The van der Waals surface area contributed by atoms with Gasteiger partial charge in [0, 0.05) is 17.1 Å². The smallest absolute Gasteiger partial charge is 0.257 e. The van der Waals surface area contributed by atoms with Gasteiger partial charge in [-0.3, -0.25) is 4.79 Å². The molecule has 0 atom stereocenters. The molecular formula is C19H20N8O. The van der Waals surface area contributed by atoms with Crippen LogP contribution < -0.4 is 5.32 Å².